The highest BCUT2D eigenvalue weighted by molar-refractivity contribution is 5.69. The highest BCUT2D eigenvalue weighted by Gasteiger charge is 2.45. The number of rotatable bonds is 5. The highest BCUT2D eigenvalue weighted by Crippen LogP contribution is 2.48. The molecule has 184 valence electrons. The van der Waals surface area contributed by atoms with Crippen molar-refractivity contribution in [2.75, 3.05) is 14.2 Å². The van der Waals surface area contributed by atoms with Crippen LogP contribution in [-0.2, 0) is 9.47 Å². The van der Waals surface area contributed by atoms with Crippen molar-refractivity contribution in [3.63, 3.8) is 0 Å². The van der Waals surface area contributed by atoms with Crippen LogP contribution >= 0.6 is 0 Å². The largest absolute Gasteiger partial charge is 0.571 e. The molecule has 2 aromatic carbocycles. The molecule has 11 heteroatoms. The maximum absolute atomic E-state index is 10.4. The van der Waals surface area contributed by atoms with Crippen LogP contribution in [0.25, 0.3) is 6.08 Å². The van der Waals surface area contributed by atoms with Gasteiger partial charge in [0.15, 0.2) is 17.3 Å². The summed E-state index contributed by atoms with van der Waals surface area (Å²) in [5.41, 5.74) is 0.700. The first-order valence-electron chi connectivity index (χ1n) is 10.4. The molecule has 6 atom stereocenters. The van der Waals surface area contributed by atoms with Gasteiger partial charge >= 0.3 is 0 Å². The van der Waals surface area contributed by atoms with E-state index in [9.17, 15) is 30.6 Å². The van der Waals surface area contributed by atoms with E-state index in [0.717, 1.165) is 6.07 Å². The van der Waals surface area contributed by atoms with E-state index < -0.39 is 36.8 Å². The van der Waals surface area contributed by atoms with Crippen molar-refractivity contribution in [3.05, 3.63) is 41.2 Å². The van der Waals surface area contributed by atoms with E-state index in [1.807, 2.05) is 0 Å². The maximum Gasteiger partial charge on any atom is 0.270 e. The molecular formula is C23H27O11+. The molecule has 2 heterocycles. The molecule has 0 bridgehead atoms. The number of aromatic hydroxyl groups is 4. The van der Waals surface area contributed by atoms with E-state index in [-0.39, 0.29) is 45.8 Å². The summed E-state index contributed by atoms with van der Waals surface area (Å²) >= 11 is 0. The normalized spacial score (nSPS) is 28.4. The smallest absolute Gasteiger partial charge is 0.270 e. The predicted molar refractivity (Wildman–Crippen MR) is 117 cm³/mol. The number of phenols is 3. The predicted octanol–water partition coefficient (Wildman–Crippen LogP) is 1.00. The topological polar surface area (TPSA) is 171 Å². The minimum atomic E-state index is -1.58. The Bertz CT molecular complexity index is 1070. The summed E-state index contributed by atoms with van der Waals surface area (Å²) in [5, 5.41) is 61.1. The summed E-state index contributed by atoms with van der Waals surface area (Å²) in [4.78, 5) is 0. The monoisotopic (exact) mass is 479 g/mol. The van der Waals surface area contributed by atoms with E-state index in [1.165, 1.54) is 45.4 Å². The number of hydrogen-bond acceptors (Lipinski definition) is 10. The molecule has 6 unspecified atom stereocenters. The number of methoxy groups -OCH3 is 2. The molecule has 0 amide bonds. The van der Waals surface area contributed by atoms with Gasteiger partial charge < -0.3 is 54.3 Å². The van der Waals surface area contributed by atoms with E-state index in [1.54, 1.807) is 0 Å². The highest BCUT2D eigenvalue weighted by atomic mass is 16.7. The molecule has 2 aromatic rings. The van der Waals surface area contributed by atoms with Gasteiger partial charge in [-0.25, -0.2) is 0 Å². The van der Waals surface area contributed by atoms with Gasteiger partial charge in [-0.1, -0.05) is 0 Å². The molecule has 34 heavy (non-hydrogen) atoms. The second kappa shape index (κ2) is 9.11. The Morgan fingerprint density at radius 2 is 1.53 bits per heavy atom. The summed E-state index contributed by atoms with van der Waals surface area (Å²) in [6.45, 7) is 1.52. The van der Waals surface area contributed by atoms with Gasteiger partial charge in [0.1, 0.15) is 35.4 Å². The third-order valence-electron chi connectivity index (χ3n) is 5.82. The molecule has 11 nitrogen and oxygen atoms in total. The van der Waals surface area contributed by atoms with Gasteiger partial charge in [-0.3, -0.25) is 0 Å². The van der Waals surface area contributed by atoms with Crippen molar-refractivity contribution in [1.29, 1.82) is 0 Å². The second-order valence-corrected chi connectivity index (χ2v) is 8.05. The van der Waals surface area contributed by atoms with Crippen molar-refractivity contribution in [2.24, 2.45) is 0 Å². The second-order valence-electron chi connectivity index (χ2n) is 8.05. The summed E-state index contributed by atoms with van der Waals surface area (Å²) in [6.07, 6.45) is -6.05. The Morgan fingerprint density at radius 1 is 0.882 bits per heavy atom. The van der Waals surface area contributed by atoms with Gasteiger partial charge in [0.2, 0.25) is 12.0 Å². The van der Waals surface area contributed by atoms with Crippen LogP contribution in [0.15, 0.2) is 30.0 Å². The van der Waals surface area contributed by atoms with Crippen molar-refractivity contribution in [3.8, 4) is 34.5 Å². The zero-order valence-corrected chi connectivity index (χ0v) is 18.6. The van der Waals surface area contributed by atoms with Crippen LogP contribution in [0, 0.1) is 0 Å². The molecule has 0 saturated carbocycles. The Kier molecular flexibility index (Phi) is 6.36. The van der Waals surface area contributed by atoms with Crippen molar-refractivity contribution in [2.45, 2.75) is 43.7 Å². The molecule has 1 fully saturated rings. The lowest BCUT2D eigenvalue weighted by molar-refractivity contribution is -0.287. The van der Waals surface area contributed by atoms with Crippen molar-refractivity contribution < 1.29 is 54.3 Å². The summed E-state index contributed by atoms with van der Waals surface area (Å²) in [7, 11) is 2.74. The van der Waals surface area contributed by atoms with Crippen LogP contribution in [-0.4, -0.2) is 80.3 Å². The number of phenolic OH excluding ortho intramolecular Hbond substituents is 3. The number of aliphatic hydroxyl groups is 4. The number of benzene rings is 2. The first kappa shape index (κ1) is 23.8. The van der Waals surface area contributed by atoms with E-state index >= 15 is 0 Å². The number of aliphatic hydroxyl groups excluding tert-OH is 3. The summed E-state index contributed by atoms with van der Waals surface area (Å²) < 4.78 is 26.5. The number of hydrogen-bond donors (Lipinski definition) is 6. The molecule has 0 spiro atoms. The molecule has 0 radical (unpaired) electrons. The zero-order valence-electron chi connectivity index (χ0n) is 18.6. The van der Waals surface area contributed by atoms with Gasteiger partial charge in [-0.05, 0) is 19.1 Å². The summed E-state index contributed by atoms with van der Waals surface area (Å²) in [6, 6.07) is 5.52. The number of ether oxygens (including phenoxy) is 5. The molecule has 2 aliphatic rings. The molecular weight excluding hydrogens is 452 g/mol. The first-order chi connectivity index (χ1) is 16.1. The standard InChI is InChI=1S/C23H26O11/c1-9-18(26)20(28)21(29)23(32-9)34-17-8-12-13(25)6-11(24)7-14(12)33-22(17)10-4-15(30-2)19(27)16(5-10)31-3/h4-9,18,20-29H,1-3H3/p+1. The fourth-order valence-corrected chi connectivity index (χ4v) is 3.94. The fourth-order valence-electron chi connectivity index (χ4n) is 3.94. The van der Waals surface area contributed by atoms with Gasteiger partial charge in [0.25, 0.3) is 11.9 Å². The molecule has 4 rings (SSSR count). The van der Waals surface area contributed by atoms with Crippen LogP contribution in [0.3, 0.4) is 0 Å². The summed E-state index contributed by atoms with van der Waals surface area (Å²) in [5.74, 6) is -0.0896. The van der Waals surface area contributed by atoms with Crippen molar-refractivity contribution >= 4 is 6.08 Å². The molecule has 7 N–H and O–H groups in total. The number of fused-ring (bicyclic) bond motifs is 1. The van der Waals surface area contributed by atoms with Crippen LogP contribution in [0.4, 0.5) is 0 Å². The van der Waals surface area contributed by atoms with Crippen LogP contribution < -0.4 is 9.47 Å². The maximum atomic E-state index is 10.4. The zero-order chi connectivity index (χ0) is 24.7. The van der Waals surface area contributed by atoms with E-state index in [4.69, 9.17) is 18.9 Å². The van der Waals surface area contributed by atoms with Crippen LogP contribution in [0.2, 0.25) is 0 Å². The van der Waals surface area contributed by atoms with E-state index in [2.05, 4.69) is 4.74 Å². The molecule has 0 aromatic heterocycles. The third kappa shape index (κ3) is 4.14. The Morgan fingerprint density at radius 3 is 2.15 bits per heavy atom. The first-order valence-corrected chi connectivity index (χ1v) is 10.4. The van der Waals surface area contributed by atoms with E-state index in [0.29, 0.717) is 5.56 Å². The van der Waals surface area contributed by atoms with Gasteiger partial charge in [-0.2, -0.15) is 0 Å². The third-order valence-corrected chi connectivity index (χ3v) is 5.82. The Balaban J connectivity index is 1.79. The quantitative estimate of drug-likeness (QED) is 0.340. The van der Waals surface area contributed by atoms with Crippen LogP contribution in [0.5, 0.6) is 34.5 Å². The fraction of sp³-hybridized carbons (Fsp3) is 0.391. The van der Waals surface area contributed by atoms with Gasteiger partial charge in [0.05, 0.1) is 32.0 Å². The molecule has 1 saturated heterocycles. The lowest BCUT2D eigenvalue weighted by atomic mass is 9.98. The van der Waals surface area contributed by atoms with Crippen LogP contribution in [0.1, 0.15) is 24.2 Å². The average Bonchev–Trinajstić information content (AvgIpc) is 2.81. The van der Waals surface area contributed by atoms with Gasteiger partial charge in [0, 0.05) is 12.1 Å². The lowest BCUT2D eigenvalue weighted by Crippen LogP contribution is -2.57. The SMILES string of the molecule is COc1cc(C2[OH+]c3cc(O)cc(O)c3C=C2OC2OC(C)C(O)C(O)C2O)cc(OC)c1O. The molecule has 2 aliphatic heterocycles. The average molecular weight is 479 g/mol. The van der Waals surface area contributed by atoms with Crippen molar-refractivity contribution in [1.82, 2.24) is 0 Å². The van der Waals surface area contributed by atoms with Gasteiger partial charge in [-0.15, -0.1) is 0 Å². The minimum Gasteiger partial charge on any atom is -0.571 e. The minimum absolute atomic E-state index is 0.106. The Labute approximate surface area is 194 Å². The lowest BCUT2D eigenvalue weighted by Gasteiger charge is -2.40. The molecule has 0 aliphatic carbocycles. The Hall–Kier alpha value is -3.38.